The number of benzene rings is 2. The average Bonchev–Trinajstić information content (AvgIpc) is 2.97. The first-order valence-corrected chi connectivity index (χ1v) is 7.46. The van der Waals surface area contributed by atoms with Crippen molar-refractivity contribution in [2.45, 2.75) is 32.2 Å². The molecule has 0 heterocycles. The van der Waals surface area contributed by atoms with Gasteiger partial charge in [-0.15, -0.1) is 0 Å². The molecule has 2 aromatic rings. The number of hydrogen-bond donors (Lipinski definition) is 0. The Morgan fingerprint density at radius 3 is 2.38 bits per heavy atom. The van der Waals surface area contributed by atoms with Gasteiger partial charge < -0.3 is 0 Å². The molecule has 0 N–H and O–H groups in total. The van der Waals surface area contributed by atoms with E-state index in [1.807, 2.05) is 0 Å². The summed E-state index contributed by atoms with van der Waals surface area (Å²) in [6, 6.07) is 13.0. The summed E-state index contributed by atoms with van der Waals surface area (Å²) in [5, 5.41) is 2.54. The number of rotatable bonds is 2. The second-order valence-corrected chi connectivity index (χ2v) is 6.51. The van der Waals surface area contributed by atoms with Crippen LogP contribution in [-0.4, -0.2) is 11.8 Å². The third kappa shape index (κ3) is 2.97. The summed E-state index contributed by atoms with van der Waals surface area (Å²) in [4.78, 5) is 4.74. The smallest absolute Gasteiger partial charge is 0.0524 e. The molecule has 1 nitrogen and oxygen atoms in total. The van der Waals surface area contributed by atoms with Crippen LogP contribution in [0.4, 0.5) is 0 Å². The quantitative estimate of drug-likeness (QED) is 0.662. The van der Waals surface area contributed by atoms with Gasteiger partial charge in [-0.3, -0.25) is 4.99 Å². The molecule has 0 aliphatic heterocycles. The molecule has 0 atom stereocenters. The molecule has 21 heavy (non-hydrogen) atoms. The molecule has 0 fully saturated rings. The molecule has 1 aliphatic rings. The lowest BCUT2D eigenvalue weighted by Crippen LogP contribution is -2.10. The van der Waals surface area contributed by atoms with Crippen LogP contribution in [0.25, 0.3) is 10.8 Å². The van der Waals surface area contributed by atoms with Gasteiger partial charge in [-0.25, -0.2) is 0 Å². The van der Waals surface area contributed by atoms with Crippen LogP contribution in [0.5, 0.6) is 0 Å². The lowest BCUT2D eigenvalue weighted by atomic mass is 9.91. The van der Waals surface area contributed by atoms with Crippen molar-refractivity contribution >= 4 is 17.0 Å². The predicted octanol–water partition coefficient (Wildman–Crippen LogP) is 5.27. The van der Waals surface area contributed by atoms with E-state index in [0.29, 0.717) is 5.92 Å². The van der Waals surface area contributed by atoms with E-state index in [9.17, 15) is 0 Å². The largest absolute Gasteiger partial charge is 0.287 e. The molecule has 1 heteroatoms. The van der Waals surface area contributed by atoms with Crippen LogP contribution in [0.3, 0.4) is 0 Å². The van der Waals surface area contributed by atoms with E-state index < -0.39 is 0 Å². The molecule has 0 spiro atoms. The van der Waals surface area contributed by atoms with Crippen molar-refractivity contribution in [3.05, 3.63) is 71.8 Å². The van der Waals surface area contributed by atoms with E-state index >= 15 is 0 Å². The zero-order valence-electron chi connectivity index (χ0n) is 12.9. The monoisotopic (exact) mass is 275 g/mol. The summed E-state index contributed by atoms with van der Waals surface area (Å²) in [6.07, 6.45) is 10.8. The van der Waals surface area contributed by atoms with Crippen LogP contribution in [0.15, 0.2) is 65.7 Å². The summed E-state index contributed by atoms with van der Waals surface area (Å²) in [5.41, 5.74) is 2.51. The molecule has 0 saturated carbocycles. The Kier molecular flexibility index (Phi) is 3.50. The second-order valence-electron chi connectivity index (χ2n) is 6.51. The molecule has 3 rings (SSSR count). The molecule has 1 aliphatic carbocycles. The van der Waals surface area contributed by atoms with Gasteiger partial charge in [0.05, 0.1) is 5.54 Å². The maximum atomic E-state index is 4.74. The van der Waals surface area contributed by atoms with Gasteiger partial charge in [-0.1, -0.05) is 60.7 Å². The van der Waals surface area contributed by atoms with Gasteiger partial charge in [0, 0.05) is 17.7 Å². The summed E-state index contributed by atoms with van der Waals surface area (Å²) < 4.78 is 0. The Bertz CT molecular complexity index is 730. The summed E-state index contributed by atoms with van der Waals surface area (Å²) in [7, 11) is 0. The Hall–Kier alpha value is -2.15. The minimum Gasteiger partial charge on any atom is -0.287 e. The summed E-state index contributed by atoms with van der Waals surface area (Å²) >= 11 is 0. The Balaban J connectivity index is 2.20. The second kappa shape index (κ2) is 5.33. The van der Waals surface area contributed by atoms with Crippen LogP contribution < -0.4 is 0 Å². The fraction of sp³-hybridized carbons (Fsp3) is 0.250. The van der Waals surface area contributed by atoms with Crippen LogP contribution in [-0.2, 0) is 0 Å². The molecule has 0 radical (unpaired) electrons. The molecular weight excluding hydrogens is 254 g/mol. The first kappa shape index (κ1) is 13.8. The van der Waals surface area contributed by atoms with Crippen molar-refractivity contribution in [3.63, 3.8) is 0 Å². The first-order valence-electron chi connectivity index (χ1n) is 7.46. The summed E-state index contributed by atoms with van der Waals surface area (Å²) in [5.74, 6) is 0.357. The number of nitrogens with zero attached hydrogens (tertiary/aromatic N) is 1. The standard InChI is InChI=1S/C20H21N/c1-20(2,3)21-14-19-17-11-7-6-10-16(17)12-13-18(19)15-8-4-5-9-15/h4-15H,1-3H3. The van der Waals surface area contributed by atoms with Crippen LogP contribution in [0, 0.1) is 0 Å². The highest BCUT2D eigenvalue weighted by atomic mass is 14.8. The topological polar surface area (TPSA) is 12.4 Å². The van der Waals surface area contributed by atoms with E-state index in [1.54, 1.807) is 0 Å². The minimum atomic E-state index is -0.0600. The maximum absolute atomic E-state index is 4.74. The number of allylic oxidation sites excluding steroid dienone is 4. The molecule has 2 aromatic carbocycles. The van der Waals surface area contributed by atoms with Gasteiger partial charge in [0.25, 0.3) is 0 Å². The lowest BCUT2D eigenvalue weighted by molar-refractivity contribution is 0.586. The van der Waals surface area contributed by atoms with E-state index in [0.717, 1.165) is 0 Å². The highest BCUT2D eigenvalue weighted by Crippen LogP contribution is 2.30. The van der Waals surface area contributed by atoms with Crippen molar-refractivity contribution < 1.29 is 0 Å². The van der Waals surface area contributed by atoms with E-state index in [4.69, 9.17) is 4.99 Å². The number of aliphatic imine (C=N–C) groups is 1. The Labute approximate surface area is 126 Å². The van der Waals surface area contributed by atoms with Crippen molar-refractivity contribution in [2.75, 3.05) is 0 Å². The normalized spacial score (nSPS) is 15.6. The third-order valence-electron chi connectivity index (χ3n) is 3.69. The van der Waals surface area contributed by atoms with E-state index in [1.165, 1.54) is 21.9 Å². The fourth-order valence-corrected chi connectivity index (χ4v) is 2.64. The van der Waals surface area contributed by atoms with Crippen LogP contribution >= 0.6 is 0 Å². The number of hydrogen-bond acceptors (Lipinski definition) is 1. The fourth-order valence-electron chi connectivity index (χ4n) is 2.64. The minimum absolute atomic E-state index is 0.0600. The predicted molar refractivity (Wildman–Crippen MR) is 92.3 cm³/mol. The van der Waals surface area contributed by atoms with Crippen molar-refractivity contribution in [3.8, 4) is 0 Å². The molecule has 0 aromatic heterocycles. The number of fused-ring (bicyclic) bond motifs is 1. The first-order chi connectivity index (χ1) is 10.0. The van der Waals surface area contributed by atoms with E-state index in [-0.39, 0.29) is 5.54 Å². The van der Waals surface area contributed by atoms with E-state index in [2.05, 4.69) is 87.7 Å². The van der Waals surface area contributed by atoms with Gasteiger partial charge in [-0.05, 0) is 37.1 Å². The zero-order chi connectivity index (χ0) is 14.9. The van der Waals surface area contributed by atoms with Gasteiger partial charge in [0.1, 0.15) is 0 Å². The Morgan fingerprint density at radius 2 is 1.67 bits per heavy atom. The van der Waals surface area contributed by atoms with Crippen molar-refractivity contribution in [1.82, 2.24) is 0 Å². The van der Waals surface area contributed by atoms with Crippen LogP contribution in [0.1, 0.15) is 37.8 Å². The maximum Gasteiger partial charge on any atom is 0.0524 e. The van der Waals surface area contributed by atoms with Gasteiger partial charge in [-0.2, -0.15) is 0 Å². The molecule has 0 saturated heterocycles. The molecule has 0 bridgehead atoms. The highest BCUT2D eigenvalue weighted by molar-refractivity contribution is 6.01. The highest BCUT2D eigenvalue weighted by Gasteiger charge is 2.14. The van der Waals surface area contributed by atoms with Crippen LogP contribution in [0.2, 0.25) is 0 Å². The zero-order valence-corrected chi connectivity index (χ0v) is 12.9. The molecular formula is C20H21N. The molecule has 0 unspecified atom stereocenters. The van der Waals surface area contributed by atoms with Crippen molar-refractivity contribution in [2.24, 2.45) is 4.99 Å². The van der Waals surface area contributed by atoms with Crippen molar-refractivity contribution in [1.29, 1.82) is 0 Å². The average molecular weight is 275 g/mol. The lowest BCUT2D eigenvalue weighted by Gasteiger charge is -2.16. The van der Waals surface area contributed by atoms with Gasteiger partial charge >= 0.3 is 0 Å². The third-order valence-corrected chi connectivity index (χ3v) is 3.69. The Morgan fingerprint density at radius 1 is 0.952 bits per heavy atom. The van der Waals surface area contributed by atoms with Gasteiger partial charge in [0.15, 0.2) is 0 Å². The summed E-state index contributed by atoms with van der Waals surface area (Å²) in [6.45, 7) is 6.39. The molecule has 106 valence electrons. The van der Waals surface area contributed by atoms with Gasteiger partial charge in [0.2, 0.25) is 0 Å². The SMILES string of the molecule is CC(C)(C)N=Cc1c(C2C=CC=C2)ccc2ccccc12. The molecule has 0 amide bonds.